The molecule has 2 heterocycles. The van der Waals surface area contributed by atoms with Crippen LogP contribution in [0, 0.1) is 6.92 Å². The topological polar surface area (TPSA) is 50.3 Å². The molecule has 0 radical (unpaired) electrons. The molecule has 0 aliphatic carbocycles. The maximum atomic E-state index is 5.79. The molecule has 0 saturated carbocycles. The number of nitrogens with one attached hydrogen (secondary N) is 1. The van der Waals surface area contributed by atoms with Crippen LogP contribution in [0.15, 0.2) is 30.3 Å². The fraction of sp³-hybridized carbons (Fsp3) is 0.375. The molecule has 0 bridgehead atoms. The lowest BCUT2D eigenvalue weighted by Gasteiger charge is -2.23. The Kier molecular flexibility index (Phi) is 3.90. The van der Waals surface area contributed by atoms with Crippen LogP contribution >= 0.6 is 0 Å². The molecule has 0 atom stereocenters. The summed E-state index contributed by atoms with van der Waals surface area (Å²) < 4.78 is 5.79. The number of benzene rings is 1. The molecule has 0 spiro atoms. The van der Waals surface area contributed by atoms with E-state index in [9.17, 15) is 0 Å². The van der Waals surface area contributed by atoms with Crippen LogP contribution in [0.2, 0.25) is 0 Å². The summed E-state index contributed by atoms with van der Waals surface area (Å²) in [6.45, 7) is 4.38. The Hall–Kier alpha value is -2.30. The zero-order valence-electron chi connectivity index (χ0n) is 12.5. The van der Waals surface area contributed by atoms with Crippen molar-refractivity contribution in [3.8, 4) is 5.75 Å². The predicted octanol–water partition coefficient (Wildman–Crippen LogP) is 2.62. The maximum Gasteiger partial charge on any atom is 0.150 e. The van der Waals surface area contributed by atoms with Gasteiger partial charge in [-0.15, -0.1) is 0 Å². The molecule has 0 amide bonds. The molecule has 1 aliphatic rings. The van der Waals surface area contributed by atoms with Crippen molar-refractivity contribution in [2.45, 2.75) is 19.9 Å². The molecule has 0 saturated heterocycles. The SMILES string of the molecule is CNc1cc(C)nc(CN2CCCOc3ccccc32)n1. The quantitative estimate of drug-likeness (QED) is 0.939. The second kappa shape index (κ2) is 5.99. The number of nitrogens with zero attached hydrogens (tertiary/aromatic N) is 3. The van der Waals surface area contributed by atoms with Gasteiger partial charge in [0, 0.05) is 25.4 Å². The van der Waals surface area contributed by atoms with Gasteiger partial charge in [0.1, 0.15) is 17.4 Å². The van der Waals surface area contributed by atoms with Crippen LogP contribution in [-0.4, -0.2) is 30.2 Å². The Labute approximate surface area is 125 Å². The highest BCUT2D eigenvalue weighted by atomic mass is 16.5. The lowest BCUT2D eigenvalue weighted by atomic mass is 10.2. The van der Waals surface area contributed by atoms with Gasteiger partial charge in [-0.2, -0.15) is 0 Å². The van der Waals surface area contributed by atoms with Crippen LogP contribution in [0.4, 0.5) is 11.5 Å². The zero-order valence-corrected chi connectivity index (χ0v) is 12.5. The summed E-state index contributed by atoms with van der Waals surface area (Å²) >= 11 is 0. The Bertz CT molecular complexity index is 629. The number of anilines is 2. The molecule has 1 N–H and O–H groups in total. The van der Waals surface area contributed by atoms with E-state index in [0.717, 1.165) is 48.3 Å². The number of aromatic nitrogens is 2. The van der Waals surface area contributed by atoms with Crippen molar-refractivity contribution in [3.63, 3.8) is 0 Å². The highest BCUT2D eigenvalue weighted by molar-refractivity contribution is 5.59. The smallest absolute Gasteiger partial charge is 0.150 e. The molecule has 21 heavy (non-hydrogen) atoms. The van der Waals surface area contributed by atoms with E-state index in [4.69, 9.17) is 4.74 Å². The average Bonchev–Trinajstić information content (AvgIpc) is 2.69. The van der Waals surface area contributed by atoms with Gasteiger partial charge in [0.05, 0.1) is 18.8 Å². The van der Waals surface area contributed by atoms with E-state index in [1.165, 1.54) is 0 Å². The van der Waals surface area contributed by atoms with Crippen LogP contribution in [0.3, 0.4) is 0 Å². The van der Waals surface area contributed by atoms with Gasteiger partial charge in [0.25, 0.3) is 0 Å². The summed E-state index contributed by atoms with van der Waals surface area (Å²) in [5.74, 6) is 2.63. The van der Waals surface area contributed by atoms with Crippen molar-refractivity contribution in [2.75, 3.05) is 30.4 Å². The molecular weight excluding hydrogens is 264 g/mol. The van der Waals surface area contributed by atoms with Crippen molar-refractivity contribution < 1.29 is 4.74 Å². The van der Waals surface area contributed by atoms with Crippen LogP contribution in [0.25, 0.3) is 0 Å². The van der Waals surface area contributed by atoms with Crippen LogP contribution < -0.4 is 15.0 Å². The normalized spacial score (nSPS) is 14.1. The van der Waals surface area contributed by atoms with E-state index in [0.29, 0.717) is 6.54 Å². The molecule has 110 valence electrons. The van der Waals surface area contributed by atoms with E-state index < -0.39 is 0 Å². The number of ether oxygens (including phenoxy) is 1. The minimum atomic E-state index is 0.691. The number of para-hydroxylation sites is 2. The molecule has 5 nitrogen and oxygen atoms in total. The number of hydrogen-bond acceptors (Lipinski definition) is 5. The van der Waals surface area contributed by atoms with E-state index in [-0.39, 0.29) is 0 Å². The predicted molar refractivity (Wildman–Crippen MR) is 83.9 cm³/mol. The summed E-state index contributed by atoms with van der Waals surface area (Å²) in [6, 6.07) is 10.1. The molecule has 5 heteroatoms. The third-order valence-electron chi connectivity index (χ3n) is 3.52. The third kappa shape index (κ3) is 3.07. The molecule has 1 aromatic carbocycles. The molecule has 1 aromatic heterocycles. The van der Waals surface area contributed by atoms with Gasteiger partial charge in [-0.3, -0.25) is 0 Å². The lowest BCUT2D eigenvalue weighted by Crippen LogP contribution is -2.24. The molecule has 0 unspecified atom stereocenters. The number of fused-ring (bicyclic) bond motifs is 1. The monoisotopic (exact) mass is 284 g/mol. The van der Waals surface area contributed by atoms with Gasteiger partial charge in [-0.25, -0.2) is 9.97 Å². The van der Waals surface area contributed by atoms with Crippen molar-refractivity contribution in [1.82, 2.24) is 9.97 Å². The Morgan fingerprint density at radius 1 is 1.29 bits per heavy atom. The summed E-state index contributed by atoms with van der Waals surface area (Å²) in [6.07, 6.45) is 0.999. The zero-order chi connectivity index (χ0) is 14.7. The highest BCUT2D eigenvalue weighted by Gasteiger charge is 2.17. The summed E-state index contributed by atoms with van der Waals surface area (Å²) in [5.41, 5.74) is 2.09. The number of rotatable bonds is 3. The Balaban J connectivity index is 1.89. The van der Waals surface area contributed by atoms with Crippen LogP contribution in [0.5, 0.6) is 5.75 Å². The standard InChI is InChI=1S/C16H20N4O/c1-12-10-15(17-2)19-16(18-12)11-20-8-5-9-21-14-7-4-3-6-13(14)20/h3-4,6-7,10H,5,8-9,11H2,1-2H3,(H,17,18,19). The molecule has 3 rings (SSSR count). The highest BCUT2D eigenvalue weighted by Crippen LogP contribution is 2.31. The maximum absolute atomic E-state index is 5.79. The van der Waals surface area contributed by atoms with Gasteiger partial charge in [0.2, 0.25) is 0 Å². The second-order valence-corrected chi connectivity index (χ2v) is 5.15. The van der Waals surface area contributed by atoms with Gasteiger partial charge >= 0.3 is 0 Å². The largest absolute Gasteiger partial charge is 0.491 e. The lowest BCUT2D eigenvalue weighted by molar-refractivity contribution is 0.322. The van der Waals surface area contributed by atoms with Gasteiger partial charge in [0.15, 0.2) is 0 Å². The van der Waals surface area contributed by atoms with Crippen LogP contribution in [0.1, 0.15) is 17.9 Å². The number of aryl methyl sites for hydroxylation is 1. The molecule has 1 aliphatic heterocycles. The van der Waals surface area contributed by atoms with Crippen molar-refractivity contribution >= 4 is 11.5 Å². The van der Waals surface area contributed by atoms with E-state index >= 15 is 0 Å². The fourth-order valence-corrected chi connectivity index (χ4v) is 2.56. The van der Waals surface area contributed by atoms with Gasteiger partial charge in [-0.05, 0) is 25.5 Å². The molecule has 2 aromatic rings. The second-order valence-electron chi connectivity index (χ2n) is 5.15. The van der Waals surface area contributed by atoms with Crippen molar-refractivity contribution in [3.05, 3.63) is 41.9 Å². The molecular formula is C16H20N4O. The summed E-state index contributed by atoms with van der Waals surface area (Å²) in [4.78, 5) is 11.4. The van der Waals surface area contributed by atoms with E-state index in [1.54, 1.807) is 0 Å². The minimum Gasteiger partial charge on any atom is -0.491 e. The summed E-state index contributed by atoms with van der Waals surface area (Å²) in [7, 11) is 1.88. The number of hydrogen-bond donors (Lipinski definition) is 1. The van der Waals surface area contributed by atoms with Gasteiger partial charge in [-0.1, -0.05) is 12.1 Å². The minimum absolute atomic E-state index is 0.691. The Morgan fingerprint density at radius 2 is 2.14 bits per heavy atom. The first-order chi connectivity index (χ1) is 10.3. The van der Waals surface area contributed by atoms with E-state index in [1.807, 2.05) is 38.2 Å². The van der Waals surface area contributed by atoms with Gasteiger partial charge < -0.3 is 15.0 Å². The van der Waals surface area contributed by atoms with E-state index in [2.05, 4.69) is 26.3 Å². The first-order valence-corrected chi connectivity index (χ1v) is 7.25. The molecule has 0 fully saturated rings. The first kappa shape index (κ1) is 13.7. The average molecular weight is 284 g/mol. The first-order valence-electron chi connectivity index (χ1n) is 7.25. The van der Waals surface area contributed by atoms with Crippen molar-refractivity contribution in [1.29, 1.82) is 0 Å². The third-order valence-corrected chi connectivity index (χ3v) is 3.52. The summed E-state index contributed by atoms with van der Waals surface area (Å²) in [5, 5.41) is 3.08. The Morgan fingerprint density at radius 3 is 3.00 bits per heavy atom. The van der Waals surface area contributed by atoms with Crippen molar-refractivity contribution in [2.24, 2.45) is 0 Å². The van der Waals surface area contributed by atoms with Crippen LogP contribution in [-0.2, 0) is 6.54 Å². The fourth-order valence-electron chi connectivity index (χ4n) is 2.56.